The Morgan fingerprint density at radius 1 is 1.44 bits per heavy atom. The van der Waals surface area contributed by atoms with Crippen molar-refractivity contribution in [3.05, 3.63) is 0 Å². The molecule has 2 aliphatic rings. The van der Waals surface area contributed by atoms with Crippen molar-refractivity contribution in [3.63, 3.8) is 0 Å². The zero-order chi connectivity index (χ0) is 13.2. The van der Waals surface area contributed by atoms with Crippen LogP contribution in [-0.2, 0) is 14.3 Å². The minimum absolute atomic E-state index is 0.0844. The number of rotatable bonds is 4. The summed E-state index contributed by atoms with van der Waals surface area (Å²) >= 11 is 0. The van der Waals surface area contributed by atoms with E-state index in [4.69, 9.17) is 9.47 Å². The van der Waals surface area contributed by atoms with Crippen LogP contribution >= 0.6 is 0 Å². The molecule has 0 bridgehead atoms. The van der Waals surface area contributed by atoms with E-state index in [0.29, 0.717) is 13.2 Å². The number of hydrogen-bond acceptors (Lipinski definition) is 4. The maximum atomic E-state index is 11.2. The lowest BCUT2D eigenvalue weighted by Crippen LogP contribution is -2.53. The Balaban J connectivity index is 1.94. The molecule has 0 radical (unpaired) electrons. The minimum Gasteiger partial charge on any atom is -0.480 e. The molecule has 3 atom stereocenters. The molecule has 0 aliphatic carbocycles. The van der Waals surface area contributed by atoms with E-state index in [1.807, 2.05) is 13.8 Å². The standard InChI is InChI=1S/C13H23NO4/c1-9(2)11(12(15)16)14-10-3-5-18-13(7-10)4-6-17-8-13/h9-11,14H,3-8H2,1-2H3,(H,15,16). The summed E-state index contributed by atoms with van der Waals surface area (Å²) in [6.45, 7) is 5.94. The fraction of sp³-hybridized carbons (Fsp3) is 0.923. The Labute approximate surface area is 108 Å². The monoisotopic (exact) mass is 257 g/mol. The van der Waals surface area contributed by atoms with Crippen molar-refractivity contribution in [1.29, 1.82) is 0 Å². The van der Waals surface area contributed by atoms with E-state index in [0.717, 1.165) is 25.9 Å². The summed E-state index contributed by atoms with van der Waals surface area (Å²) in [5.74, 6) is -0.686. The van der Waals surface area contributed by atoms with Crippen LogP contribution in [0.15, 0.2) is 0 Å². The molecule has 2 saturated heterocycles. The van der Waals surface area contributed by atoms with E-state index in [9.17, 15) is 9.90 Å². The maximum absolute atomic E-state index is 11.2. The van der Waals surface area contributed by atoms with Crippen LogP contribution in [0, 0.1) is 5.92 Å². The van der Waals surface area contributed by atoms with Gasteiger partial charge in [-0.05, 0) is 18.8 Å². The van der Waals surface area contributed by atoms with Gasteiger partial charge in [0.05, 0.1) is 12.2 Å². The van der Waals surface area contributed by atoms with Gasteiger partial charge in [-0.3, -0.25) is 4.79 Å². The van der Waals surface area contributed by atoms with Crippen molar-refractivity contribution in [2.45, 2.75) is 50.8 Å². The fourth-order valence-electron chi connectivity index (χ4n) is 2.84. The maximum Gasteiger partial charge on any atom is 0.320 e. The van der Waals surface area contributed by atoms with Crippen molar-refractivity contribution in [3.8, 4) is 0 Å². The number of hydrogen-bond donors (Lipinski definition) is 2. The first kappa shape index (κ1) is 13.8. The molecular formula is C13H23NO4. The third-order valence-electron chi connectivity index (χ3n) is 3.91. The summed E-state index contributed by atoms with van der Waals surface area (Å²) in [5, 5.41) is 12.5. The average molecular weight is 257 g/mol. The topological polar surface area (TPSA) is 67.8 Å². The summed E-state index contributed by atoms with van der Waals surface area (Å²) in [6, 6.07) is -0.267. The highest BCUT2D eigenvalue weighted by Gasteiger charge is 2.41. The zero-order valence-electron chi connectivity index (χ0n) is 11.1. The Hall–Kier alpha value is -0.650. The van der Waals surface area contributed by atoms with Gasteiger partial charge in [0.25, 0.3) is 0 Å². The summed E-state index contributed by atoms with van der Waals surface area (Å²) in [6.07, 6.45) is 2.65. The van der Waals surface area contributed by atoms with Crippen molar-refractivity contribution in [1.82, 2.24) is 5.32 Å². The van der Waals surface area contributed by atoms with Crippen molar-refractivity contribution < 1.29 is 19.4 Å². The van der Waals surface area contributed by atoms with Crippen molar-refractivity contribution in [2.24, 2.45) is 5.92 Å². The first-order valence-corrected chi connectivity index (χ1v) is 6.73. The molecule has 2 aliphatic heterocycles. The van der Waals surface area contributed by atoms with Gasteiger partial charge in [-0.2, -0.15) is 0 Å². The summed E-state index contributed by atoms with van der Waals surface area (Å²) in [7, 11) is 0. The summed E-state index contributed by atoms with van der Waals surface area (Å²) in [5.41, 5.74) is -0.171. The lowest BCUT2D eigenvalue weighted by atomic mass is 9.88. The predicted molar refractivity (Wildman–Crippen MR) is 66.5 cm³/mol. The molecule has 2 heterocycles. The molecular weight excluding hydrogens is 234 g/mol. The normalized spacial score (nSPS) is 34.1. The molecule has 18 heavy (non-hydrogen) atoms. The number of nitrogens with one attached hydrogen (secondary N) is 1. The van der Waals surface area contributed by atoms with E-state index >= 15 is 0 Å². The molecule has 0 amide bonds. The van der Waals surface area contributed by atoms with E-state index < -0.39 is 12.0 Å². The van der Waals surface area contributed by atoms with E-state index in [1.165, 1.54) is 0 Å². The van der Waals surface area contributed by atoms with Crippen LogP contribution in [0.4, 0.5) is 0 Å². The minimum atomic E-state index is -0.770. The number of carbonyl (C=O) groups is 1. The third kappa shape index (κ3) is 3.02. The molecule has 104 valence electrons. The average Bonchev–Trinajstić information content (AvgIpc) is 2.73. The second-order valence-corrected chi connectivity index (χ2v) is 5.75. The van der Waals surface area contributed by atoms with Crippen LogP contribution in [-0.4, -0.2) is 48.6 Å². The molecule has 0 aromatic heterocycles. The number of carboxylic acid groups (broad SMARTS) is 1. The highest BCUT2D eigenvalue weighted by atomic mass is 16.6. The first-order chi connectivity index (χ1) is 8.52. The molecule has 1 spiro atoms. The molecule has 0 saturated carbocycles. The predicted octanol–water partition coefficient (Wildman–Crippen LogP) is 1.02. The van der Waals surface area contributed by atoms with E-state index in [1.54, 1.807) is 0 Å². The second kappa shape index (κ2) is 5.55. The van der Waals surface area contributed by atoms with Gasteiger partial charge < -0.3 is 19.9 Å². The van der Waals surface area contributed by atoms with Crippen LogP contribution < -0.4 is 5.32 Å². The van der Waals surface area contributed by atoms with Gasteiger partial charge in [-0.25, -0.2) is 0 Å². The summed E-state index contributed by atoms with van der Waals surface area (Å²) in [4.78, 5) is 11.2. The Bertz CT molecular complexity index is 299. The summed E-state index contributed by atoms with van der Waals surface area (Å²) < 4.78 is 11.3. The lowest BCUT2D eigenvalue weighted by Gasteiger charge is -2.38. The van der Waals surface area contributed by atoms with Gasteiger partial charge in [-0.15, -0.1) is 0 Å². The van der Waals surface area contributed by atoms with Gasteiger partial charge in [0.2, 0.25) is 0 Å². The molecule has 5 nitrogen and oxygen atoms in total. The van der Waals surface area contributed by atoms with Gasteiger partial charge in [0.15, 0.2) is 0 Å². The van der Waals surface area contributed by atoms with Crippen molar-refractivity contribution >= 4 is 5.97 Å². The van der Waals surface area contributed by atoms with Gasteiger partial charge >= 0.3 is 5.97 Å². The van der Waals surface area contributed by atoms with Crippen LogP contribution in [0.3, 0.4) is 0 Å². The smallest absolute Gasteiger partial charge is 0.320 e. The fourth-order valence-corrected chi connectivity index (χ4v) is 2.84. The highest BCUT2D eigenvalue weighted by molar-refractivity contribution is 5.73. The van der Waals surface area contributed by atoms with Gasteiger partial charge in [0.1, 0.15) is 6.04 Å². The molecule has 0 aromatic rings. The Morgan fingerprint density at radius 2 is 2.22 bits per heavy atom. The lowest BCUT2D eigenvalue weighted by molar-refractivity contribution is -0.142. The second-order valence-electron chi connectivity index (χ2n) is 5.75. The molecule has 3 unspecified atom stereocenters. The Kier molecular flexibility index (Phi) is 4.25. The molecule has 0 aromatic carbocycles. The quantitative estimate of drug-likeness (QED) is 0.787. The van der Waals surface area contributed by atoms with Gasteiger partial charge in [-0.1, -0.05) is 13.8 Å². The number of carboxylic acids is 1. The molecule has 2 rings (SSSR count). The van der Waals surface area contributed by atoms with E-state index in [2.05, 4.69) is 5.32 Å². The van der Waals surface area contributed by atoms with Crippen LogP contribution in [0.2, 0.25) is 0 Å². The number of ether oxygens (including phenoxy) is 2. The van der Waals surface area contributed by atoms with E-state index in [-0.39, 0.29) is 17.6 Å². The zero-order valence-corrected chi connectivity index (χ0v) is 11.1. The van der Waals surface area contributed by atoms with Crippen LogP contribution in [0.5, 0.6) is 0 Å². The first-order valence-electron chi connectivity index (χ1n) is 6.73. The van der Waals surface area contributed by atoms with Gasteiger partial charge in [0, 0.05) is 25.7 Å². The molecule has 2 fully saturated rings. The largest absolute Gasteiger partial charge is 0.480 e. The Morgan fingerprint density at radius 3 is 2.78 bits per heavy atom. The third-order valence-corrected chi connectivity index (χ3v) is 3.91. The SMILES string of the molecule is CC(C)C(NC1CCOC2(CCOC2)C1)C(=O)O. The number of aliphatic carboxylic acids is 1. The van der Waals surface area contributed by atoms with Crippen LogP contribution in [0.1, 0.15) is 33.1 Å². The van der Waals surface area contributed by atoms with Crippen LogP contribution in [0.25, 0.3) is 0 Å². The molecule has 5 heteroatoms. The highest BCUT2D eigenvalue weighted by Crippen LogP contribution is 2.33. The van der Waals surface area contributed by atoms with Crippen molar-refractivity contribution in [2.75, 3.05) is 19.8 Å². The molecule has 2 N–H and O–H groups in total.